The number of hydrogen-bond acceptors (Lipinski definition) is 4. The van der Waals surface area contributed by atoms with Gasteiger partial charge in [0.15, 0.2) is 6.10 Å². The number of carbonyl (C=O) groups excluding carboxylic acids is 1. The fraction of sp³-hybridized carbons (Fsp3) is 0.417. The summed E-state index contributed by atoms with van der Waals surface area (Å²) >= 11 is 0. The maximum atomic E-state index is 11.5. The molecule has 0 aromatic heterocycles. The monoisotopic (exact) mass is 235 g/mol. The van der Waals surface area contributed by atoms with Crippen molar-refractivity contribution in [3.05, 3.63) is 23.8 Å². The molecule has 1 atom stereocenters. The summed E-state index contributed by atoms with van der Waals surface area (Å²) in [6.45, 7) is 3.23. The molecule has 0 bridgehead atoms. The minimum absolute atomic E-state index is 0.0992. The molecule has 1 aromatic carbocycles. The second kappa shape index (κ2) is 5.16. The van der Waals surface area contributed by atoms with Gasteiger partial charge in [-0.1, -0.05) is 6.07 Å². The topological polar surface area (TPSA) is 62.4 Å². The Bertz CT molecular complexity index is 420. The maximum absolute atomic E-state index is 11.5. The zero-order chi connectivity index (χ0) is 12.3. The minimum atomic E-state index is -0.421. The SMILES string of the molecule is CNCNCc1ccc2c(c1)NC(=O)C(C)O2. The zero-order valence-electron chi connectivity index (χ0n) is 10.0. The third-order valence-electron chi connectivity index (χ3n) is 2.61. The summed E-state index contributed by atoms with van der Waals surface area (Å²) in [4.78, 5) is 11.5. The molecule has 0 fully saturated rings. The highest BCUT2D eigenvalue weighted by molar-refractivity contribution is 5.97. The van der Waals surface area contributed by atoms with Gasteiger partial charge in [0.2, 0.25) is 0 Å². The van der Waals surface area contributed by atoms with Crippen molar-refractivity contribution in [1.29, 1.82) is 0 Å². The average Bonchev–Trinajstić information content (AvgIpc) is 2.31. The van der Waals surface area contributed by atoms with Gasteiger partial charge in [0, 0.05) is 13.2 Å². The van der Waals surface area contributed by atoms with Gasteiger partial charge in [-0.25, -0.2) is 0 Å². The Labute approximate surface area is 101 Å². The molecule has 92 valence electrons. The first-order chi connectivity index (χ1) is 8.20. The molecule has 17 heavy (non-hydrogen) atoms. The second-order valence-corrected chi connectivity index (χ2v) is 4.04. The van der Waals surface area contributed by atoms with E-state index in [0.29, 0.717) is 0 Å². The highest BCUT2D eigenvalue weighted by Crippen LogP contribution is 2.30. The molecule has 1 aromatic rings. The lowest BCUT2D eigenvalue weighted by atomic mass is 10.1. The van der Waals surface area contributed by atoms with E-state index in [4.69, 9.17) is 4.74 Å². The third kappa shape index (κ3) is 2.75. The van der Waals surface area contributed by atoms with Gasteiger partial charge in [0.25, 0.3) is 5.91 Å². The number of carbonyl (C=O) groups is 1. The second-order valence-electron chi connectivity index (χ2n) is 4.04. The lowest BCUT2D eigenvalue weighted by Crippen LogP contribution is -2.34. The maximum Gasteiger partial charge on any atom is 0.265 e. The van der Waals surface area contributed by atoms with E-state index in [0.717, 1.165) is 30.2 Å². The quantitative estimate of drug-likeness (QED) is 0.530. The van der Waals surface area contributed by atoms with Gasteiger partial charge in [-0.2, -0.15) is 0 Å². The molecule has 0 spiro atoms. The molecule has 1 heterocycles. The van der Waals surface area contributed by atoms with Gasteiger partial charge in [-0.15, -0.1) is 0 Å². The fourth-order valence-corrected chi connectivity index (χ4v) is 1.70. The molecule has 0 radical (unpaired) electrons. The first-order valence-electron chi connectivity index (χ1n) is 5.66. The standard InChI is InChI=1S/C12H17N3O2/c1-8-12(16)15-10-5-9(6-14-7-13-2)3-4-11(10)17-8/h3-5,8,13-14H,6-7H2,1-2H3,(H,15,16). The highest BCUT2D eigenvalue weighted by Gasteiger charge is 2.23. The zero-order valence-corrected chi connectivity index (χ0v) is 10.0. The van der Waals surface area contributed by atoms with Crippen LogP contribution in [-0.2, 0) is 11.3 Å². The normalized spacial score (nSPS) is 18.2. The molecule has 5 nitrogen and oxygen atoms in total. The lowest BCUT2D eigenvalue weighted by Gasteiger charge is -2.23. The van der Waals surface area contributed by atoms with Crippen LogP contribution in [0, 0.1) is 0 Å². The van der Waals surface area contributed by atoms with Crippen LogP contribution in [0.5, 0.6) is 5.75 Å². The molecule has 1 aliphatic rings. The molecule has 0 aliphatic carbocycles. The van der Waals surface area contributed by atoms with Crippen LogP contribution in [0.1, 0.15) is 12.5 Å². The van der Waals surface area contributed by atoms with Crippen molar-refractivity contribution in [2.75, 3.05) is 19.0 Å². The molecular weight excluding hydrogens is 218 g/mol. The van der Waals surface area contributed by atoms with Gasteiger partial charge in [0.05, 0.1) is 5.69 Å². The van der Waals surface area contributed by atoms with E-state index in [1.807, 2.05) is 25.2 Å². The van der Waals surface area contributed by atoms with E-state index >= 15 is 0 Å². The Morgan fingerprint density at radius 2 is 2.29 bits per heavy atom. The summed E-state index contributed by atoms with van der Waals surface area (Å²) in [5.41, 5.74) is 1.86. The first kappa shape index (κ1) is 11.9. The highest BCUT2D eigenvalue weighted by atomic mass is 16.5. The predicted molar refractivity (Wildman–Crippen MR) is 65.9 cm³/mol. The van der Waals surface area contributed by atoms with Crippen molar-refractivity contribution in [1.82, 2.24) is 10.6 Å². The van der Waals surface area contributed by atoms with Gasteiger partial charge in [-0.3, -0.25) is 4.79 Å². The van der Waals surface area contributed by atoms with Crippen LogP contribution in [-0.4, -0.2) is 25.7 Å². The van der Waals surface area contributed by atoms with E-state index in [2.05, 4.69) is 16.0 Å². The Hall–Kier alpha value is -1.59. The first-order valence-corrected chi connectivity index (χ1v) is 5.66. The summed E-state index contributed by atoms with van der Waals surface area (Å²) in [7, 11) is 1.88. The van der Waals surface area contributed by atoms with Crippen LogP contribution >= 0.6 is 0 Å². The Morgan fingerprint density at radius 3 is 3.06 bits per heavy atom. The van der Waals surface area contributed by atoms with Gasteiger partial charge in [0.1, 0.15) is 5.75 Å². The van der Waals surface area contributed by atoms with Crippen molar-refractivity contribution >= 4 is 11.6 Å². The smallest absolute Gasteiger partial charge is 0.265 e. The number of nitrogens with one attached hydrogen (secondary N) is 3. The molecule has 3 N–H and O–H groups in total. The average molecular weight is 235 g/mol. The van der Waals surface area contributed by atoms with Crippen LogP contribution in [0.2, 0.25) is 0 Å². The van der Waals surface area contributed by atoms with Crippen molar-refractivity contribution in [2.45, 2.75) is 19.6 Å². The summed E-state index contributed by atoms with van der Waals surface area (Å²) in [6, 6.07) is 5.81. The number of anilines is 1. The molecule has 0 saturated carbocycles. The molecule has 1 aliphatic heterocycles. The number of ether oxygens (including phenoxy) is 1. The van der Waals surface area contributed by atoms with E-state index in [9.17, 15) is 4.79 Å². The van der Waals surface area contributed by atoms with E-state index in [1.54, 1.807) is 6.92 Å². The van der Waals surface area contributed by atoms with Crippen LogP contribution in [0.25, 0.3) is 0 Å². The predicted octanol–water partition coefficient (Wildman–Crippen LogP) is 0.672. The molecule has 1 amide bonds. The number of rotatable bonds is 4. The van der Waals surface area contributed by atoms with Crippen LogP contribution < -0.4 is 20.7 Å². The third-order valence-corrected chi connectivity index (χ3v) is 2.61. The van der Waals surface area contributed by atoms with E-state index in [1.165, 1.54) is 0 Å². The minimum Gasteiger partial charge on any atom is -0.479 e. The molecule has 2 rings (SSSR count). The van der Waals surface area contributed by atoms with E-state index < -0.39 is 6.10 Å². The lowest BCUT2D eigenvalue weighted by molar-refractivity contribution is -0.122. The van der Waals surface area contributed by atoms with Crippen molar-refractivity contribution in [2.24, 2.45) is 0 Å². The van der Waals surface area contributed by atoms with Crippen LogP contribution in [0.4, 0.5) is 5.69 Å². The van der Waals surface area contributed by atoms with Crippen molar-refractivity contribution in [3.63, 3.8) is 0 Å². The summed E-state index contributed by atoms with van der Waals surface area (Å²) in [5.74, 6) is 0.632. The van der Waals surface area contributed by atoms with Crippen molar-refractivity contribution < 1.29 is 9.53 Å². The number of amides is 1. The summed E-state index contributed by atoms with van der Waals surface area (Å²) in [6.07, 6.45) is -0.421. The Kier molecular flexibility index (Phi) is 3.61. The largest absolute Gasteiger partial charge is 0.479 e. The summed E-state index contributed by atoms with van der Waals surface area (Å²) in [5, 5.41) is 9.05. The molecule has 1 unspecified atom stereocenters. The Morgan fingerprint density at radius 1 is 1.47 bits per heavy atom. The molecule has 0 saturated heterocycles. The molecule has 5 heteroatoms. The molecular formula is C12H17N3O2. The van der Waals surface area contributed by atoms with Crippen molar-refractivity contribution in [3.8, 4) is 5.75 Å². The number of fused-ring (bicyclic) bond motifs is 1. The summed E-state index contributed by atoms with van der Waals surface area (Å²) < 4.78 is 5.48. The number of hydrogen-bond donors (Lipinski definition) is 3. The fourth-order valence-electron chi connectivity index (χ4n) is 1.70. The van der Waals surface area contributed by atoms with Crippen LogP contribution in [0.3, 0.4) is 0 Å². The van der Waals surface area contributed by atoms with Gasteiger partial charge >= 0.3 is 0 Å². The van der Waals surface area contributed by atoms with Gasteiger partial charge in [-0.05, 0) is 31.7 Å². The Balaban J connectivity index is 2.09. The number of benzene rings is 1. The van der Waals surface area contributed by atoms with Gasteiger partial charge < -0.3 is 20.7 Å². The van der Waals surface area contributed by atoms with E-state index in [-0.39, 0.29) is 5.91 Å². The van der Waals surface area contributed by atoms with Crippen LogP contribution in [0.15, 0.2) is 18.2 Å².